The van der Waals surface area contributed by atoms with Crippen LogP contribution in [0.2, 0.25) is 0 Å². The number of carbonyl (C=O) groups excluding carboxylic acids is 1. The van der Waals surface area contributed by atoms with E-state index >= 15 is 0 Å². The Morgan fingerprint density at radius 3 is 2.53 bits per heavy atom. The molecule has 1 N–H and O–H groups in total. The standard InChI is InChI=1S/C12H20N2O3/c1-3-13(4-2)10-7-8-14(9-10)11(15)5-6-12(16)17/h5-6,10H,3-4,7-9H2,1-2H3,(H,16,17)/b6-5+. The molecule has 96 valence electrons. The number of rotatable bonds is 5. The highest BCUT2D eigenvalue weighted by Crippen LogP contribution is 2.15. The van der Waals surface area contributed by atoms with E-state index in [1.54, 1.807) is 4.90 Å². The second kappa shape index (κ2) is 6.39. The molecular weight excluding hydrogens is 220 g/mol. The van der Waals surface area contributed by atoms with Gasteiger partial charge >= 0.3 is 5.97 Å². The number of hydrogen-bond acceptors (Lipinski definition) is 3. The highest BCUT2D eigenvalue weighted by molar-refractivity contribution is 5.94. The van der Waals surface area contributed by atoms with Gasteiger partial charge in [-0.3, -0.25) is 9.69 Å². The molecule has 0 saturated carbocycles. The number of likely N-dealkylation sites (tertiary alicyclic amines) is 1. The van der Waals surface area contributed by atoms with Crippen molar-refractivity contribution in [3.05, 3.63) is 12.2 Å². The van der Waals surface area contributed by atoms with Crippen LogP contribution in [-0.2, 0) is 9.59 Å². The molecule has 1 saturated heterocycles. The van der Waals surface area contributed by atoms with Gasteiger partial charge in [-0.15, -0.1) is 0 Å². The van der Waals surface area contributed by atoms with Gasteiger partial charge in [0, 0.05) is 31.3 Å². The number of carboxylic acid groups (broad SMARTS) is 1. The summed E-state index contributed by atoms with van der Waals surface area (Å²) >= 11 is 0. The molecule has 5 nitrogen and oxygen atoms in total. The maximum atomic E-state index is 11.7. The lowest BCUT2D eigenvalue weighted by molar-refractivity contribution is -0.132. The summed E-state index contributed by atoms with van der Waals surface area (Å²) in [6, 6.07) is 0.409. The van der Waals surface area contributed by atoms with E-state index in [2.05, 4.69) is 18.7 Å². The maximum absolute atomic E-state index is 11.7. The van der Waals surface area contributed by atoms with Gasteiger partial charge in [0.15, 0.2) is 0 Å². The zero-order valence-corrected chi connectivity index (χ0v) is 10.4. The van der Waals surface area contributed by atoms with E-state index in [-0.39, 0.29) is 5.91 Å². The predicted octanol–water partition coefficient (Wildman–Crippen LogP) is 0.570. The minimum Gasteiger partial charge on any atom is -0.478 e. The SMILES string of the molecule is CCN(CC)C1CCN(C(=O)/C=C/C(=O)O)C1. The van der Waals surface area contributed by atoms with Crippen molar-refractivity contribution in [3.8, 4) is 0 Å². The fourth-order valence-electron chi connectivity index (χ4n) is 2.23. The van der Waals surface area contributed by atoms with Gasteiger partial charge < -0.3 is 10.0 Å². The molecule has 1 unspecified atom stereocenters. The fraction of sp³-hybridized carbons (Fsp3) is 0.667. The summed E-state index contributed by atoms with van der Waals surface area (Å²) < 4.78 is 0. The van der Waals surface area contributed by atoms with E-state index in [1.807, 2.05) is 0 Å². The minimum atomic E-state index is -1.09. The van der Waals surface area contributed by atoms with Crippen LogP contribution in [0.1, 0.15) is 20.3 Å². The van der Waals surface area contributed by atoms with Crippen molar-refractivity contribution >= 4 is 11.9 Å². The van der Waals surface area contributed by atoms with E-state index in [1.165, 1.54) is 0 Å². The van der Waals surface area contributed by atoms with Gasteiger partial charge in [0.2, 0.25) is 5.91 Å². The molecule has 1 amide bonds. The van der Waals surface area contributed by atoms with Crippen molar-refractivity contribution in [2.75, 3.05) is 26.2 Å². The second-order valence-corrected chi connectivity index (χ2v) is 4.12. The van der Waals surface area contributed by atoms with Crippen molar-refractivity contribution in [3.63, 3.8) is 0 Å². The van der Waals surface area contributed by atoms with E-state index in [9.17, 15) is 9.59 Å². The first-order chi connectivity index (χ1) is 8.08. The molecule has 1 rings (SSSR count). The summed E-state index contributed by atoms with van der Waals surface area (Å²) in [5.41, 5.74) is 0. The molecule has 0 aromatic heterocycles. The Labute approximate surface area is 102 Å². The average Bonchev–Trinajstić information content (AvgIpc) is 2.77. The summed E-state index contributed by atoms with van der Waals surface area (Å²) in [5, 5.41) is 8.46. The summed E-state index contributed by atoms with van der Waals surface area (Å²) in [7, 11) is 0. The molecule has 0 spiro atoms. The maximum Gasteiger partial charge on any atom is 0.328 e. The van der Waals surface area contributed by atoms with E-state index < -0.39 is 5.97 Å². The normalized spacial score (nSPS) is 20.4. The molecule has 1 atom stereocenters. The number of carbonyl (C=O) groups is 2. The number of hydrogen-bond donors (Lipinski definition) is 1. The number of amides is 1. The number of carboxylic acids is 1. The van der Waals surface area contributed by atoms with Crippen LogP contribution in [0, 0.1) is 0 Å². The Bertz CT molecular complexity index is 311. The number of nitrogens with zero attached hydrogens (tertiary/aromatic N) is 2. The van der Waals surface area contributed by atoms with Crippen molar-refractivity contribution in [2.45, 2.75) is 26.3 Å². The van der Waals surface area contributed by atoms with E-state index in [0.717, 1.165) is 31.7 Å². The largest absolute Gasteiger partial charge is 0.478 e. The monoisotopic (exact) mass is 240 g/mol. The Hall–Kier alpha value is -1.36. The van der Waals surface area contributed by atoms with Gasteiger partial charge in [0.05, 0.1) is 0 Å². The quantitative estimate of drug-likeness (QED) is 0.714. The van der Waals surface area contributed by atoms with Crippen molar-refractivity contribution in [1.29, 1.82) is 0 Å². The molecule has 1 aliphatic heterocycles. The van der Waals surface area contributed by atoms with Gasteiger partial charge in [-0.1, -0.05) is 13.8 Å². The average molecular weight is 240 g/mol. The van der Waals surface area contributed by atoms with Crippen LogP contribution >= 0.6 is 0 Å². The lowest BCUT2D eigenvalue weighted by Gasteiger charge is -2.25. The Morgan fingerprint density at radius 2 is 2.00 bits per heavy atom. The molecule has 0 aromatic rings. The number of likely N-dealkylation sites (N-methyl/N-ethyl adjacent to an activating group) is 1. The van der Waals surface area contributed by atoms with Crippen molar-refractivity contribution in [2.24, 2.45) is 0 Å². The van der Waals surface area contributed by atoms with Crippen LogP contribution in [0.4, 0.5) is 0 Å². The Morgan fingerprint density at radius 1 is 1.35 bits per heavy atom. The third-order valence-electron chi connectivity index (χ3n) is 3.17. The highest BCUT2D eigenvalue weighted by Gasteiger charge is 2.27. The van der Waals surface area contributed by atoms with E-state index in [4.69, 9.17) is 5.11 Å². The Balaban J connectivity index is 2.49. The number of aliphatic carboxylic acids is 1. The van der Waals surface area contributed by atoms with Crippen LogP contribution in [-0.4, -0.2) is 59.0 Å². The molecule has 1 aliphatic rings. The molecular formula is C12H20N2O3. The van der Waals surface area contributed by atoms with Crippen LogP contribution in [0.3, 0.4) is 0 Å². The Kier molecular flexibility index (Phi) is 5.15. The highest BCUT2D eigenvalue weighted by atomic mass is 16.4. The van der Waals surface area contributed by atoms with Crippen LogP contribution in [0.25, 0.3) is 0 Å². The van der Waals surface area contributed by atoms with Gasteiger partial charge in [-0.05, 0) is 19.5 Å². The minimum absolute atomic E-state index is 0.206. The van der Waals surface area contributed by atoms with Gasteiger partial charge in [0.25, 0.3) is 0 Å². The molecule has 17 heavy (non-hydrogen) atoms. The summed E-state index contributed by atoms with van der Waals surface area (Å²) in [6.45, 7) is 7.59. The zero-order chi connectivity index (χ0) is 12.8. The smallest absolute Gasteiger partial charge is 0.328 e. The van der Waals surface area contributed by atoms with Crippen molar-refractivity contribution in [1.82, 2.24) is 9.80 Å². The first-order valence-electron chi connectivity index (χ1n) is 6.02. The summed E-state index contributed by atoms with van der Waals surface area (Å²) in [6.07, 6.45) is 2.99. The summed E-state index contributed by atoms with van der Waals surface area (Å²) in [4.78, 5) is 26.0. The first-order valence-corrected chi connectivity index (χ1v) is 6.02. The van der Waals surface area contributed by atoms with Gasteiger partial charge in [-0.25, -0.2) is 4.79 Å². The molecule has 0 aromatic carbocycles. The molecule has 0 bridgehead atoms. The molecule has 5 heteroatoms. The molecule has 1 heterocycles. The summed E-state index contributed by atoms with van der Waals surface area (Å²) in [5.74, 6) is -1.29. The van der Waals surface area contributed by atoms with Gasteiger partial charge in [0.1, 0.15) is 0 Å². The van der Waals surface area contributed by atoms with Crippen molar-refractivity contribution < 1.29 is 14.7 Å². The lowest BCUT2D eigenvalue weighted by atomic mass is 10.2. The second-order valence-electron chi connectivity index (χ2n) is 4.12. The molecule has 0 aliphatic carbocycles. The molecule has 1 fully saturated rings. The van der Waals surface area contributed by atoms with Gasteiger partial charge in [-0.2, -0.15) is 0 Å². The fourth-order valence-corrected chi connectivity index (χ4v) is 2.23. The first kappa shape index (κ1) is 13.7. The lowest BCUT2D eigenvalue weighted by Crippen LogP contribution is -2.38. The van der Waals surface area contributed by atoms with Crippen LogP contribution < -0.4 is 0 Å². The predicted molar refractivity (Wildman–Crippen MR) is 64.7 cm³/mol. The zero-order valence-electron chi connectivity index (χ0n) is 10.4. The van der Waals surface area contributed by atoms with E-state index in [0.29, 0.717) is 19.1 Å². The van der Waals surface area contributed by atoms with Crippen LogP contribution in [0.15, 0.2) is 12.2 Å². The van der Waals surface area contributed by atoms with Crippen LogP contribution in [0.5, 0.6) is 0 Å². The third kappa shape index (κ3) is 3.85. The topological polar surface area (TPSA) is 60.9 Å². The third-order valence-corrected chi connectivity index (χ3v) is 3.17. The molecule has 0 radical (unpaired) electrons.